The van der Waals surface area contributed by atoms with E-state index in [1.165, 1.54) is 21.1 Å². The number of esters is 1. The van der Waals surface area contributed by atoms with Crippen molar-refractivity contribution in [2.45, 2.75) is 37.2 Å². The summed E-state index contributed by atoms with van der Waals surface area (Å²) in [5.41, 5.74) is 0.886. The van der Waals surface area contributed by atoms with Gasteiger partial charge >= 0.3 is 5.97 Å². The Labute approximate surface area is 180 Å². The minimum atomic E-state index is -3.96. The van der Waals surface area contributed by atoms with E-state index in [0.29, 0.717) is 17.9 Å². The summed E-state index contributed by atoms with van der Waals surface area (Å²) in [4.78, 5) is 24.7. The largest absolute Gasteiger partial charge is 0.461 e. The fourth-order valence-electron chi connectivity index (χ4n) is 3.45. The van der Waals surface area contributed by atoms with Gasteiger partial charge in [-0.05, 0) is 37.5 Å². The Balaban J connectivity index is 1.77. The van der Waals surface area contributed by atoms with Crippen LogP contribution in [0.5, 0.6) is 0 Å². The van der Waals surface area contributed by atoms with Gasteiger partial charge in [-0.3, -0.25) is 4.79 Å². The van der Waals surface area contributed by atoms with Crippen molar-refractivity contribution < 1.29 is 22.7 Å². The van der Waals surface area contributed by atoms with Crippen LogP contribution >= 0.6 is 11.6 Å². The SMILES string of the molecule is CCOC(=O)c1cc(S(=O)(=O)N2CCC[C@@H]2C(=O)NCc2ccccc2Cl)cn1C. The van der Waals surface area contributed by atoms with E-state index < -0.39 is 22.0 Å². The Morgan fingerprint density at radius 2 is 2.03 bits per heavy atom. The fraction of sp³-hybridized carbons (Fsp3) is 0.400. The second-order valence-electron chi connectivity index (χ2n) is 6.98. The summed E-state index contributed by atoms with van der Waals surface area (Å²) >= 11 is 6.12. The van der Waals surface area contributed by atoms with E-state index in [0.717, 1.165) is 5.56 Å². The Bertz CT molecular complexity index is 1050. The number of amides is 1. The topological polar surface area (TPSA) is 97.7 Å². The van der Waals surface area contributed by atoms with Crippen LogP contribution in [0, 0.1) is 0 Å². The number of halogens is 1. The van der Waals surface area contributed by atoms with Crippen LogP contribution in [0.1, 0.15) is 35.8 Å². The molecular weight excluding hydrogens is 430 g/mol. The summed E-state index contributed by atoms with van der Waals surface area (Å²) in [6.45, 7) is 2.30. The number of rotatable bonds is 7. The molecule has 1 aromatic heterocycles. The molecule has 30 heavy (non-hydrogen) atoms. The molecule has 1 atom stereocenters. The lowest BCUT2D eigenvalue weighted by Crippen LogP contribution is -2.45. The Kier molecular flexibility index (Phi) is 6.84. The average Bonchev–Trinajstić information content (AvgIpc) is 3.35. The lowest BCUT2D eigenvalue weighted by molar-refractivity contribution is -0.124. The molecule has 0 unspecified atom stereocenters. The standard InChI is InChI=1S/C20H24ClN3O5S/c1-3-29-20(26)18-11-15(13-23(18)2)30(27,28)24-10-6-9-17(24)19(25)22-12-14-7-4-5-8-16(14)21/h4-5,7-8,11,13,17H,3,6,9-10,12H2,1-2H3,(H,22,25)/t17-/m1/s1. The van der Waals surface area contributed by atoms with Gasteiger partial charge in [0.15, 0.2) is 0 Å². The molecule has 1 saturated heterocycles. The zero-order chi connectivity index (χ0) is 21.9. The number of ether oxygens (including phenoxy) is 1. The molecule has 8 nitrogen and oxygen atoms in total. The first-order valence-electron chi connectivity index (χ1n) is 9.62. The van der Waals surface area contributed by atoms with Gasteiger partial charge < -0.3 is 14.6 Å². The van der Waals surface area contributed by atoms with Crippen molar-refractivity contribution in [2.75, 3.05) is 13.2 Å². The van der Waals surface area contributed by atoms with Crippen LogP contribution in [0.15, 0.2) is 41.4 Å². The van der Waals surface area contributed by atoms with E-state index in [9.17, 15) is 18.0 Å². The number of sulfonamides is 1. The Hall–Kier alpha value is -2.36. The number of aromatic nitrogens is 1. The average molecular weight is 454 g/mol. The number of benzene rings is 1. The van der Waals surface area contributed by atoms with E-state index in [2.05, 4.69) is 5.32 Å². The summed E-state index contributed by atoms with van der Waals surface area (Å²) in [6.07, 6.45) is 2.35. The van der Waals surface area contributed by atoms with Crippen molar-refractivity contribution >= 4 is 33.5 Å². The summed E-state index contributed by atoms with van der Waals surface area (Å²) in [5, 5.41) is 3.31. The maximum Gasteiger partial charge on any atom is 0.354 e. The molecule has 1 N–H and O–H groups in total. The molecule has 0 bridgehead atoms. The number of carbonyl (C=O) groups excluding carboxylic acids is 2. The minimum Gasteiger partial charge on any atom is -0.461 e. The first kappa shape index (κ1) is 22.3. The molecule has 2 aromatic rings. The summed E-state index contributed by atoms with van der Waals surface area (Å²) in [6, 6.07) is 7.60. The minimum absolute atomic E-state index is 0.0427. The number of carbonyl (C=O) groups is 2. The lowest BCUT2D eigenvalue weighted by Gasteiger charge is -2.23. The molecule has 0 radical (unpaired) electrons. The van der Waals surface area contributed by atoms with Gasteiger partial charge in [0, 0.05) is 31.4 Å². The van der Waals surface area contributed by atoms with E-state index in [4.69, 9.17) is 16.3 Å². The van der Waals surface area contributed by atoms with Crippen LogP contribution in [0.3, 0.4) is 0 Å². The molecule has 1 aliphatic rings. The predicted octanol–water partition coefficient (Wildman–Crippen LogP) is 2.32. The highest BCUT2D eigenvalue weighted by Gasteiger charge is 2.40. The molecule has 1 amide bonds. The van der Waals surface area contributed by atoms with Crippen LogP contribution < -0.4 is 5.32 Å². The molecule has 3 rings (SSSR count). The number of nitrogens with one attached hydrogen (secondary N) is 1. The molecule has 0 aliphatic carbocycles. The van der Waals surface area contributed by atoms with Crippen LogP contribution in [-0.4, -0.2) is 48.4 Å². The van der Waals surface area contributed by atoms with Crippen molar-refractivity contribution in [1.29, 1.82) is 0 Å². The highest BCUT2D eigenvalue weighted by Crippen LogP contribution is 2.27. The normalized spacial score (nSPS) is 17.1. The fourth-order valence-corrected chi connectivity index (χ4v) is 5.38. The third-order valence-electron chi connectivity index (χ3n) is 4.99. The molecule has 10 heteroatoms. The first-order chi connectivity index (χ1) is 14.3. The lowest BCUT2D eigenvalue weighted by atomic mass is 10.2. The van der Waals surface area contributed by atoms with Gasteiger partial charge in [0.05, 0.1) is 6.61 Å². The van der Waals surface area contributed by atoms with Gasteiger partial charge in [0.25, 0.3) is 0 Å². The van der Waals surface area contributed by atoms with Crippen molar-refractivity contribution in [3.63, 3.8) is 0 Å². The first-order valence-corrected chi connectivity index (χ1v) is 11.4. The smallest absolute Gasteiger partial charge is 0.354 e. The molecule has 1 aromatic carbocycles. The molecular formula is C20H24ClN3O5S. The van der Waals surface area contributed by atoms with E-state index in [-0.39, 0.29) is 36.2 Å². The van der Waals surface area contributed by atoms with Gasteiger partial charge in [-0.1, -0.05) is 29.8 Å². The van der Waals surface area contributed by atoms with Crippen molar-refractivity contribution in [2.24, 2.45) is 7.05 Å². The summed E-state index contributed by atoms with van der Waals surface area (Å²) in [7, 11) is -2.38. The van der Waals surface area contributed by atoms with Crippen LogP contribution in [0.25, 0.3) is 0 Å². The second-order valence-corrected chi connectivity index (χ2v) is 9.27. The van der Waals surface area contributed by atoms with Gasteiger partial charge in [0.2, 0.25) is 15.9 Å². The molecule has 2 heterocycles. The highest BCUT2D eigenvalue weighted by molar-refractivity contribution is 7.89. The van der Waals surface area contributed by atoms with Crippen molar-refractivity contribution in [1.82, 2.24) is 14.2 Å². The summed E-state index contributed by atoms with van der Waals surface area (Å²) < 4.78 is 33.9. The van der Waals surface area contributed by atoms with Gasteiger partial charge in [-0.2, -0.15) is 4.31 Å². The Morgan fingerprint density at radius 1 is 1.30 bits per heavy atom. The zero-order valence-electron chi connectivity index (χ0n) is 16.8. The van der Waals surface area contributed by atoms with E-state index in [1.807, 2.05) is 6.07 Å². The number of hydrogen-bond acceptors (Lipinski definition) is 5. The highest BCUT2D eigenvalue weighted by atomic mass is 35.5. The van der Waals surface area contributed by atoms with Crippen LogP contribution in [0.4, 0.5) is 0 Å². The van der Waals surface area contributed by atoms with E-state index in [1.54, 1.807) is 32.2 Å². The molecule has 0 saturated carbocycles. The third-order valence-corrected chi connectivity index (χ3v) is 7.23. The second kappa shape index (κ2) is 9.20. The molecule has 0 spiro atoms. The number of nitrogens with zero attached hydrogens (tertiary/aromatic N) is 2. The van der Waals surface area contributed by atoms with E-state index >= 15 is 0 Å². The number of hydrogen-bond donors (Lipinski definition) is 1. The van der Waals surface area contributed by atoms with Crippen molar-refractivity contribution in [3.8, 4) is 0 Å². The third kappa shape index (κ3) is 4.53. The Morgan fingerprint density at radius 3 is 2.73 bits per heavy atom. The zero-order valence-corrected chi connectivity index (χ0v) is 18.4. The molecule has 1 aliphatic heterocycles. The van der Waals surface area contributed by atoms with Gasteiger partial charge in [-0.15, -0.1) is 0 Å². The van der Waals surface area contributed by atoms with Gasteiger partial charge in [0.1, 0.15) is 16.6 Å². The van der Waals surface area contributed by atoms with Crippen molar-refractivity contribution in [3.05, 3.63) is 52.8 Å². The number of aryl methyl sites for hydroxylation is 1. The molecule has 1 fully saturated rings. The van der Waals surface area contributed by atoms with Crippen LogP contribution in [-0.2, 0) is 33.1 Å². The predicted molar refractivity (Wildman–Crippen MR) is 112 cm³/mol. The van der Waals surface area contributed by atoms with Crippen LogP contribution in [0.2, 0.25) is 5.02 Å². The maximum atomic E-state index is 13.2. The summed E-state index contributed by atoms with van der Waals surface area (Å²) in [5.74, 6) is -0.977. The quantitative estimate of drug-likeness (QED) is 0.649. The molecule has 162 valence electrons. The monoisotopic (exact) mass is 453 g/mol. The van der Waals surface area contributed by atoms with Gasteiger partial charge in [-0.25, -0.2) is 13.2 Å². The maximum absolute atomic E-state index is 13.2.